The van der Waals surface area contributed by atoms with Crippen LogP contribution < -0.4 is 10.2 Å². The van der Waals surface area contributed by atoms with Gasteiger partial charge >= 0.3 is 0 Å². The van der Waals surface area contributed by atoms with Gasteiger partial charge in [-0.2, -0.15) is 5.10 Å². The van der Waals surface area contributed by atoms with E-state index < -0.39 is 0 Å². The summed E-state index contributed by atoms with van der Waals surface area (Å²) < 4.78 is 0. The first-order valence-corrected chi connectivity index (χ1v) is 4.12. The maximum absolute atomic E-state index is 11.2. The van der Waals surface area contributed by atoms with Crippen molar-refractivity contribution < 1.29 is 4.79 Å². The molecule has 2 heterocycles. The Balaban J connectivity index is 2.42. The number of carbonyl (C=O) groups is 1. The minimum Gasteiger partial charge on any atom is -0.365 e. The van der Waals surface area contributed by atoms with Gasteiger partial charge in [-0.3, -0.25) is 4.79 Å². The van der Waals surface area contributed by atoms with Crippen LogP contribution in [0.25, 0.3) is 0 Å². The monoisotopic (exact) mass is 178 g/mol. The molecule has 0 fully saturated rings. The fourth-order valence-corrected chi connectivity index (χ4v) is 1.40. The largest absolute Gasteiger partial charge is 0.365 e. The zero-order valence-electron chi connectivity index (χ0n) is 7.32. The zero-order chi connectivity index (χ0) is 9.26. The Bertz CT molecular complexity index is 339. The van der Waals surface area contributed by atoms with Gasteiger partial charge in [0.2, 0.25) is 5.91 Å². The Kier molecular flexibility index (Phi) is 1.84. The molecule has 68 valence electrons. The lowest BCUT2D eigenvalue weighted by atomic mass is 10.3. The number of aromatic nitrogens is 2. The van der Waals surface area contributed by atoms with Gasteiger partial charge in [0.15, 0.2) is 5.82 Å². The van der Waals surface area contributed by atoms with Crippen molar-refractivity contribution in [2.45, 2.75) is 6.92 Å². The first kappa shape index (κ1) is 7.97. The van der Waals surface area contributed by atoms with Crippen molar-refractivity contribution in [1.82, 2.24) is 10.2 Å². The van der Waals surface area contributed by atoms with Crippen molar-refractivity contribution in [3.05, 3.63) is 12.3 Å². The molecule has 0 aromatic carbocycles. The van der Waals surface area contributed by atoms with E-state index in [9.17, 15) is 4.79 Å². The third-order valence-electron chi connectivity index (χ3n) is 2.00. The molecule has 5 nitrogen and oxygen atoms in total. The topological polar surface area (TPSA) is 58.1 Å². The van der Waals surface area contributed by atoms with Crippen molar-refractivity contribution in [2.24, 2.45) is 0 Å². The van der Waals surface area contributed by atoms with E-state index >= 15 is 0 Å². The minimum atomic E-state index is 0.0377. The number of hydrogen-bond acceptors (Lipinski definition) is 4. The Labute approximate surface area is 75.8 Å². The van der Waals surface area contributed by atoms with Crippen LogP contribution in [-0.2, 0) is 4.79 Å². The highest BCUT2D eigenvalue weighted by Crippen LogP contribution is 2.24. The molecule has 1 amide bonds. The van der Waals surface area contributed by atoms with Gasteiger partial charge in [-0.05, 0) is 6.07 Å². The molecule has 0 radical (unpaired) electrons. The van der Waals surface area contributed by atoms with Crippen LogP contribution >= 0.6 is 0 Å². The number of nitrogens with zero attached hydrogens (tertiary/aromatic N) is 3. The van der Waals surface area contributed by atoms with Gasteiger partial charge in [-0.25, -0.2) is 0 Å². The summed E-state index contributed by atoms with van der Waals surface area (Å²) in [6.45, 7) is 2.97. The molecular weight excluding hydrogens is 168 g/mol. The summed E-state index contributed by atoms with van der Waals surface area (Å²) >= 11 is 0. The second-order valence-corrected chi connectivity index (χ2v) is 2.86. The molecule has 0 unspecified atom stereocenters. The normalized spacial score (nSPS) is 14.7. The van der Waals surface area contributed by atoms with Crippen molar-refractivity contribution in [3.63, 3.8) is 0 Å². The smallest absolute Gasteiger partial charge is 0.224 e. The first-order chi connectivity index (χ1) is 6.29. The van der Waals surface area contributed by atoms with Crippen LogP contribution in [0.15, 0.2) is 12.3 Å². The summed E-state index contributed by atoms with van der Waals surface area (Å²) in [5.74, 6) is 0.722. The van der Waals surface area contributed by atoms with E-state index in [1.54, 1.807) is 24.1 Å². The average Bonchev–Trinajstić information content (AvgIpc) is 2.17. The highest BCUT2D eigenvalue weighted by molar-refractivity contribution is 5.95. The van der Waals surface area contributed by atoms with Crippen LogP contribution in [0.1, 0.15) is 6.92 Å². The number of amides is 1. The first-order valence-electron chi connectivity index (χ1n) is 4.12. The Hall–Kier alpha value is -1.65. The number of nitrogens with one attached hydrogen (secondary N) is 1. The van der Waals surface area contributed by atoms with Crippen LogP contribution in [0.5, 0.6) is 0 Å². The quantitative estimate of drug-likeness (QED) is 0.619. The van der Waals surface area contributed by atoms with E-state index in [2.05, 4.69) is 15.5 Å². The highest BCUT2D eigenvalue weighted by Gasteiger charge is 2.19. The third-order valence-corrected chi connectivity index (χ3v) is 2.00. The van der Waals surface area contributed by atoms with Crippen molar-refractivity contribution in [3.8, 4) is 0 Å². The summed E-state index contributed by atoms with van der Waals surface area (Å²) in [5, 5.41) is 10.7. The minimum absolute atomic E-state index is 0.0377. The van der Waals surface area contributed by atoms with E-state index in [0.29, 0.717) is 12.4 Å². The molecule has 1 aliphatic heterocycles. The Morgan fingerprint density at radius 1 is 1.69 bits per heavy atom. The van der Waals surface area contributed by atoms with Crippen molar-refractivity contribution in [1.29, 1.82) is 0 Å². The molecule has 1 aromatic heterocycles. The summed E-state index contributed by atoms with van der Waals surface area (Å²) in [7, 11) is 0. The molecule has 0 atom stereocenters. The molecular formula is C8H10N4O. The van der Waals surface area contributed by atoms with E-state index in [1.807, 2.05) is 0 Å². The molecule has 13 heavy (non-hydrogen) atoms. The lowest BCUT2D eigenvalue weighted by Gasteiger charge is -2.27. The molecule has 2 rings (SSSR count). The number of hydrogen-bond donors (Lipinski definition) is 1. The van der Waals surface area contributed by atoms with E-state index in [4.69, 9.17) is 0 Å². The molecule has 0 saturated heterocycles. The second kappa shape index (κ2) is 3.01. The molecule has 0 spiro atoms. The van der Waals surface area contributed by atoms with E-state index in [0.717, 1.165) is 12.2 Å². The lowest BCUT2D eigenvalue weighted by molar-refractivity contribution is -0.116. The van der Waals surface area contributed by atoms with Crippen LogP contribution in [0.4, 0.5) is 11.5 Å². The Morgan fingerprint density at radius 2 is 2.54 bits per heavy atom. The van der Waals surface area contributed by atoms with Crippen molar-refractivity contribution in [2.75, 3.05) is 23.3 Å². The van der Waals surface area contributed by atoms with Crippen LogP contribution in [0.2, 0.25) is 0 Å². The van der Waals surface area contributed by atoms with Crippen molar-refractivity contribution >= 4 is 17.4 Å². The predicted octanol–water partition coefficient (Wildman–Crippen LogP) is 0.255. The van der Waals surface area contributed by atoms with Crippen LogP contribution in [-0.4, -0.2) is 29.2 Å². The van der Waals surface area contributed by atoms with Gasteiger partial charge in [0.25, 0.3) is 0 Å². The average molecular weight is 178 g/mol. The van der Waals surface area contributed by atoms with Gasteiger partial charge in [-0.1, -0.05) is 0 Å². The van der Waals surface area contributed by atoms with Gasteiger partial charge in [-0.15, -0.1) is 5.10 Å². The summed E-state index contributed by atoms with van der Waals surface area (Å²) in [6.07, 6.45) is 1.59. The summed E-state index contributed by atoms with van der Waals surface area (Å²) in [6, 6.07) is 1.79. The lowest BCUT2D eigenvalue weighted by Crippen LogP contribution is -2.37. The maximum Gasteiger partial charge on any atom is 0.224 e. The zero-order valence-corrected chi connectivity index (χ0v) is 7.32. The van der Waals surface area contributed by atoms with Gasteiger partial charge in [0.05, 0.1) is 11.9 Å². The molecule has 1 aliphatic rings. The summed E-state index contributed by atoms with van der Waals surface area (Å²) in [5.41, 5.74) is 0.814. The third kappa shape index (κ3) is 1.32. The summed E-state index contributed by atoms with van der Waals surface area (Å²) in [4.78, 5) is 12.9. The highest BCUT2D eigenvalue weighted by atomic mass is 16.2. The predicted molar refractivity (Wildman–Crippen MR) is 48.5 cm³/mol. The van der Waals surface area contributed by atoms with Crippen LogP contribution in [0, 0.1) is 0 Å². The van der Waals surface area contributed by atoms with Gasteiger partial charge in [0.1, 0.15) is 0 Å². The second-order valence-electron chi connectivity index (χ2n) is 2.86. The molecule has 5 heteroatoms. The standard InChI is InChI=1S/C8H10N4O/c1-6(13)12-5-4-9-8-7(12)2-3-10-11-8/h2-3H,4-5H2,1H3,(H,9,11). The Morgan fingerprint density at radius 3 is 3.31 bits per heavy atom. The fraction of sp³-hybridized carbons (Fsp3) is 0.375. The molecule has 0 bridgehead atoms. The molecule has 0 saturated carbocycles. The fourth-order valence-electron chi connectivity index (χ4n) is 1.40. The molecule has 0 aliphatic carbocycles. The van der Waals surface area contributed by atoms with Crippen LogP contribution in [0.3, 0.4) is 0 Å². The van der Waals surface area contributed by atoms with Gasteiger partial charge < -0.3 is 10.2 Å². The maximum atomic E-state index is 11.2. The number of rotatable bonds is 0. The SMILES string of the molecule is CC(=O)N1CCNc2nnccc21. The molecule has 1 aromatic rings. The number of fused-ring (bicyclic) bond motifs is 1. The van der Waals surface area contributed by atoms with Gasteiger partial charge in [0, 0.05) is 20.0 Å². The van der Waals surface area contributed by atoms with E-state index in [1.165, 1.54) is 0 Å². The molecule has 1 N–H and O–H groups in total. The number of carbonyl (C=O) groups excluding carboxylic acids is 1. The number of anilines is 2. The van der Waals surface area contributed by atoms with E-state index in [-0.39, 0.29) is 5.91 Å².